The number of halogens is 2. The first-order chi connectivity index (χ1) is 7.58. The van der Waals surface area contributed by atoms with Gasteiger partial charge in [0.2, 0.25) is 0 Å². The third kappa shape index (κ3) is 4.65. The molecule has 0 saturated heterocycles. The monoisotopic (exact) mass is 245 g/mol. The second kappa shape index (κ2) is 5.96. The van der Waals surface area contributed by atoms with Crippen LogP contribution in [0.5, 0.6) is 5.75 Å². The summed E-state index contributed by atoms with van der Waals surface area (Å²) in [5.41, 5.74) is 8.21. The van der Waals surface area contributed by atoms with Crippen LogP contribution in [0.2, 0.25) is 0 Å². The zero-order valence-corrected chi connectivity index (χ0v) is 8.88. The van der Waals surface area contributed by atoms with Gasteiger partial charge in [-0.05, 0) is 42.0 Å². The normalized spacial score (nSPS) is 10.7. The highest BCUT2D eigenvalue weighted by atomic mass is 32.1. The minimum Gasteiger partial charge on any atom is -0.435 e. The van der Waals surface area contributed by atoms with Crippen LogP contribution in [-0.4, -0.2) is 17.9 Å². The first-order valence-corrected chi connectivity index (χ1v) is 4.62. The zero-order chi connectivity index (χ0) is 12.0. The summed E-state index contributed by atoms with van der Waals surface area (Å²) in [6.07, 6.45) is 1.45. The van der Waals surface area contributed by atoms with Gasteiger partial charge in [0.25, 0.3) is 0 Å². The molecule has 0 heterocycles. The van der Waals surface area contributed by atoms with Crippen molar-refractivity contribution in [2.45, 2.75) is 6.61 Å². The van der Waals surface area contributed by atoms with E-state index in [0.29, 0.717) is 5.56 Å². The van der Waals surface area contributed by atoms with E-state index in [9.17, 15) is 8.78 Å². The molecule has 7 heteroatoms. The number of nitrogens with two attached hydrogens (primary N) is 1. The SMILES string of the molecule is NC(=S)NN=Cc1ccc(OC(F)F)cc1. The summed E-state index contributed by atoms with van der Waals surface area (Å²) in [6, 6.07) is 5.97. The Bertz CT molecular complexity index is 381. The van der Waals surface area contributed by atoms with Gasteiger partial charge in [-0.1, -0.05) is 0 Å². The van der Waals surface area contributed by atoms with Crippen molar-refractivity contribution in [3.8, 4) is 5.75 Å². The third-order valence-electron chi connectivity index (χ3n) is 1.49. The summed E-state index contributed by atoms with van der Waals surface area (Å²) in [7, 11) is 0. The van der Waals surface area contributed by atoms with E-state index in [2.05, 4.69) is 27.5 Å². The van der Waals surface area contributed by atoms with E-state index in [1.165, 1.54) is 18.3 Å². The average Bonchev–Trinajstić information content (AvgIpc) is 2.19. The van der Waals surface area contributed by atoms with Crippen LogP contribution in [0.15, 0.2) is 29.4 Å². The Morgan fingerprint density at radius 1 is 1.44 bits per heavy atom. The number of ether oxygens (including phenoxy) is 1. The van der Waals surface area contributed by atoms with E-state index in [1.807, 2.05) is 0 Å². The Balaban J connectivity index is 2.57. The molecule has 0 atom stereocenters. The molecule has 1 rings (SSSR count). The van der Waals surface area contributed by atoms with E-state index >= 15 is 0 Å². The summed E-state index contributed by atoms with van der Waals surface area (Å²) in [6.45, 7) is -2.82. The minimum atomic E-state index is -2.82. The van der Waals surface area contributed by atoms with E-state index in [1.54, 1.807) is 12.1 Å². The van der Waals surface area contributed by atoms with Crippen LogP contribution in [0.3, 0.4) is 0 Å². The molecule has 0 aromatic heterocycles. The Kier molecular flexibility index (Phi) is 4.59. The van der Waals surface area contributed by atoms with Crippen molar-refractivity contribution in [1.82, 2.24) is 5.43 Å². The average molecular weight is 245 g/mol. The van der Waals surface area contributed by atoms with Crippen molar-refractivity contribution in [3.63, 3.8) is 0 Å². The van der Waals surface area contributed by atoms with Crippen LogP contribution in [0.1, 0.15) is 5.56 Å². The second-order valence-electron chi connectivity index (χ2n) is 2.68. The fourth-order valence-electron chi connectivity index (χ4n) is 0.906. The fourth-order valence-corrected chi connectivity index (χ4v) is 0.958. The van der Waals surface area contributed by atoms with Gasteiger partial charge in [0, 0.05) is 0 Å². The van der Waals surface area contributed by atoms with Crippen molar-refractivity contribution in [2.75, 3.05) is 0 Å². The minimum absolute atomic E-state index is 0.0499. The molecule has 16 heavy (non-hydrogen) atoms. The largest absolute Gasteiger partial charge is 0.435 e. The van der Waals surface area contributed by atoms with Crippen LogP contribution in [0, 0.1) is 0 Å². The van der Waals surface area contributed by atoms with E-state index < -0.39 is 6.61 Å². The Hall–Kier alpha value is -1.76. The lowest BCUT2D eigenvalue weighted by atomic mass is 10.2. The Labute approximate surface area is 96.1 Å². The van der Waals surface area contributed by atoms with Gasteiger partial charge in [0.1, 0.15) is 5.75 Å². The maximum absolute atomic E-state index is 11.8. The molecule has 3 N–H and O–H groups in total. The molecule has 0 radical (unpaired) electrons. The number of nitrogens with zero attached hydrogens (tertiary/aromatic N) is 1. The molecule has 0 fully saturated rings. The Morgan fingerprint density at radius 3 is 2.56 bits per heavy atom. The molecular weight excluding hydrogens is 236 g/mol. The van der Waals surface area contributed by atoms with E-state index in [-0.39, 0.29) is 10.9 Å². The molecule has 0 bridgehead atoms. The highest BCUT2D eigenvalue weighted by Crippen LogP contribution is 2.13. The summed E-state index contributed by atoms with van der Waals surface area (Å²) < 4.78 is 27.8. The molecule has 0 amide bonds. The second-order valence-corrected chi connectivity index (χ2v) is 3.12. The van der Waals surface area contributed by atoms with Crippen LogP contribution in [-0.2, 0) is 0 Å². The van der Waals surface area contributed by atoms with Crippen molar-refractivity contribution < 1.29 is 13.5 Å². The predicted octanol–water partition coefficient (Wildman–Crippen LogP) is 1.46. The fraction of sp³-hybridized carbons (Fsp3) is 0.111. The number of hydrazone groups is 1. The van der Waals surface area contributed by atoms with Crippen molar-refractivity contribution >= 4 is 23.5 Å². The van der Waals surface area contributed by atoms with Gasteiger partial charge in [-0.25, -0.2) is 0 Å². The molecule has 0 aliphatic carbocycles. The number of thiocarbonyl (C=S) groups is 1. The van der Waals surface area contributed by atoms with Gasteiger partial charge in [-0.2, -0.15) is 13.9 Å². The quantitative estimate of drug-likeness (QED) is 0.479. The lowest BCUT2D eigenvalue weighted by Gasteiger charge is -2.03. The van der Waals surface area contributed by atoms with Gasteiger partial charge in [-0.15, -0.1) is 0 Å². The van der Waals surface area contributed by atoms with Crippen LogP contribution >= 0.6 is 12.2 Å². The predicted molar refractivity (Wildman–Crippen MR) is 60.6 cm³/mol. The number of hydrogen-bond donors (Lipinski definition) is 2. The lowest BCUT2D eigenvalue weighted by molar-refractivity contribution is -0.0498. The van der Waals surface area contributed by atoms with E-state index in [0.717, 1.165) is 0 Å². The van der Waals surface area contributed by atoms with Crippen molar-refractivity contribution in [2.24, 2.45) is 10.8 Å². The molecular formula is C9H9F2N3OS. The number of hydrogen-bond acceptors (Lipinski definition) is 3. The molecule has 0 aliphatic heterocycles. The molecule has 86 valence electrons. The summed E-state index contributed by atoms with van der Waals surface area (Å²) in [4.78, 5) is 0. The summed E-state index contributed by atoms with van der Waals surface area (Å²) in [5.74, 6) is 0.0921. The zero-order valence-electron chi connectivity index (χ0n) is 8.06. The van der Waals surface area contributed by atoms with Crippen LogP contribution in [0.4, 0.5) is 8.78 Å². The highest BCUT2D eigenvalue weighted by Gasteiger charge is 2.02. The standard InChI is InChI=1S/C9H9F2N3OS/c10-8(11)15-7-3-1-6(2-4-7)5-13-14-9(12)16/h1-5,8H,(H3,12,14,16). The maximum Gasteiger partial charge on any atom is 0.387 e. The number of alkyl halides is 2. The molecule has 0 saturated carbocycles. The number of benzene rings is 1. The molecule has 1 aromatic carbocycles. The number of nitrogens with one attached hydrogen (secondary N) is 1. The van der Waals surface area contributed by atoms with Crippen LogP contribution in [0.25, 0.3) is 0 Å². The van der Waals surface area contributed by atoms with Gasteiger partial charge in [-0.3, -0.25) is 5.43 Å². The lowest BCUT2D eigenvalue weighted by Crippen LogP contribution is -2.23. The molecule has 0 aliphatic rings. The van der Waals surface area contributed by atoms with Gasteiger partial charge in [0.15, 0.2) is 5.11 Å². The first kappa shape index (κ1) is 12.3. The van der Waals surface area contributed by atoms with Gasteiger partial charge >= 0.3 is 6.61 Å². The first-order valence-electron chi connectivity index (χ1n) is 4.21. The molecule has 1 aromatic rings. The van der Waals surface area contributed by atoms with Gasteiger partial charge < -0.3 is 10.5 Å². The van der Waals surface area contributed by atoms with E-state index in [4.69, 9.17) is 5.73 Å². The highest BCUT2D eigenvalue weighted by molar-refractivity contribution is 7.80. The topological polar surface area (TPSA) is 59.6 Å². The van der Waals surface area contributed by atoms with Crippen molar-refractivity contribution in [3.05, 3.63) is 29.8 Å². The summed E-state index contributed by atoms with van der Waals surface area (Å²) >= 11 is 4.53. The third-order valence-corrected chi connectivity index (χ3v) is 1.58. The maximum atomic E-state index is 11.8. The molecule has 0 unspecified atom stereocenters. The van der Waals surface area contributed by atoms with Crippen LogP contribution < -0.4 is 15.9 Å². The number of rotatable bonds is 4. The Morgan fingerprint density at radius 2 is 2.06 bits per heavy atom. The smallest absolute Gasteiger partial charge is 0.387 e. The van der Waals surface area contributed by atoms with Crippen molar-refractivity contribution in [1.29, 1.82) is 0 Å². The van der Waals surface area contributed by atoms with Gasteiger partial charge in [0.05, 0.1) is 6.21 Å². The molecule has 4 nitrogen and oxygen atoms in total. The molecule has 0 spiro atoms. The summed E-state index contributed by atoms with van der Waals surface area (Å²) in [5, 5.41) is 3.75.